The minimum Gasteiger partial charge on any atom is -0.455 e. The van der Waals surface area contributed by atoms with Crippen LogP contribution in [-0.4, -0.2) is 19.3 Å². The molecule has 0 fully saturated rings. The monoisotopic (exact) mass is 486 g/mol. The Bertz CT molecular complexity index is 1750. The summed E-state index contributed by atoms with van der Waals surface area (Å²) in [5.41, 5.74) is 4.84. The summed E-state index contributed by atoms with van der Waals surface area (Å²) in [6.07, 6.45) is 0.905. The molecule has 3 nitrogen and oxygen atoms in total. The van der Waals surface area contributed by atoms with Gasteiger partial charge in [-0.1, -0.05) is 79.7 Å². The van der Waals surface area contributed by atoms with Crippen molar-refractivity contribution >= 4 is 56.1 Å². The Morgan fingerprint density at radius 1 is 0.730 bits per heavy atom. The van der Waals surface area contributed by atoms with E-state index in [0.717, 1.165) is 55.7 Å². The van der Waals surface area contributed by atoms with Gasteiger partial charge in [-0.2, -0.15) is 0 Å². The molecule has 0 aliphatic heterocycles. The number of fused-ring (bicyclic) bond motifs is 5. The van der Waals surface area contributed by atoms with E-state index in [9.17, 15) is 0 Å². The normalized spacial score (nSPS) is 12.2. The maximum Gasteiger partial charge on any atom is 0.494 e. The van der Waals surface area contributed by atoms with Crippen molar-refractivity contribution in [3.8, 4) is 11.1 Å². The van der Waals surface area contributed by atoms with Crippen molar-refractivity contribution in [3.63, 3.8) is 0 Å². The van der Waals surface area contributed by atoms with Crippen molar-refractivity contribution in [2.75, 3.05) is 6.61 Å². The van der Waals surface area contributed by atoms with Crippen molar-refractivity contribution < 1.29 is 13.7 Å². The number of furan rings is 1. The van der Waals surface area contributed by atoms with Gasteiger partial charge in [0.2, 0.25) is 0 Å². The molecule has 0 radical (unpaired) electrons. The van der Waals surface area contributed by atoms with Crippen LogP contribution in [0.3, 0.4) is 0 Å². The molecule has 184 valence electrons. The smallest absolute Gasteiger partial charge is 0.455 e. The van der Waals surface area contributed by atoms with Crippen LogP contribution in [0.1, 0.15) is 34.1 Å². The highest BCUT2D eigenvalue weighted by atomic mass is 16.6. The molecule has 6 rings (SSSR count). The quantitative estimate of drug-likeness (QED) is 0.212. The van der Waals surface area contributed by atoms with Crippen LogP contribution in [0.15, 0.2) is 95.4 Å². The third-order valence-electron chi connectivity index (χ3n) is 7.44. The third kappa shape index (κ3) is 4.31. The Labute approximate surface area is 218 Å². The van der Waals surface area contributed by atoms with E-state index < -0.39 is 7.12 Å². The van der Waals surface area contributed by atoms with Gasteiger partial charge in [-0.05, 0) is 78.0 Å². The molecular formula is C33H31BO3. The van der Waals surface area contributed by atoms with E-state index in [1.807, 2.05) is 6.92 Å². The topological polar surface area (TPSA) is 31.6 Å². The molecule has 0 aliphatic carbocycles. The number of benzene rings is 5. The highest BCUT2D eigenvalue weighted by molar-refractivity contribution is 6.64. The van der Waals surface area contributed by atoms with Crippen molar-refractivity contribution in [1.29, 1.82) is 0 Å². The largest absolute Gasteiger partial charge is 0.494 e. The zero-order valence-corrected chi connectivity index (χ0v) is 21.9. The van der Waals surface area contributed by atoms with E-state index >= 15 is 0 Å². The second-order valence-electron chi connectivity index (χ2n) is 10.3. The van der Waals surface area contributed by atoms with Crippen LogP contribution in [0.25, 0.3) is 54.6 Å². The predicted molar refractivity (Wildman–Crippen MR) is 157 cm³/mol. The number of hydrogen-bond donors (Lipinski definition) is 0. The van der Waals surface area contributed by atoms with E-state index in [4.69, 9.17) is 13.7 Å². The molecule has 5 aromatic carbocycles. The van der Waals surface area contributed by atoms with Crippen molar-refractivity contribution in [2.45, 2.75) is 39.7 Å². The minimum atomic E-state index is -0.414. The molecular weight excluding hydrogens is 455 g/mol. The zero-order chi connectivity index (χ0) is 25.6. The van der Waals surface area contributed by atoms with Crippen LogP contribution in [0, 0.1) is 0 Å². The van der Waals surface area contributed by atoms with Crippen molar-refractivity contribution in [3.05, 3.63) is 91.0 Å². The van der Waals surface area contributed by atoms with Crippen LogP contribution in [0.2, 0.25) is 0 Å². The Balaban J connectivity index is 1.47. The molecule has 0 amide bonds. The van der Waals surface area contributed by atoms with Gasteiger partial charge in [0.1, 0.15) is 11.2 Å². The molecule has 0 atom stereocenters. The first-order chi connectivity index (χ1) is 18.0. The van der Waals surface area contributed by atoms with Gasteiger partial charge in [-0.25, -0.2) is 0 Å². The Kier molecular flexibility index (Phi) is 6.02. The average Bonchev–Trinajstić information content (AvgIpc) is 3.28. The lowest BCUT2D eigenvalue weighted by atomic mass is 9.74. The molecule has 0 saturated carbocycles. The van der Waals surface area contributed by atoms with Crippen molar-refractivity contribution in [1.82, 2.24) is 0 Å². The molecule has 37 heavy (non-hydrogen) atoms. The second-order valence-corrected chi connectivity index (χ2v) is 10.3. The highest BCUT2D eigenvalue weighted by Crippen LogP contribution is 2.38. The molecule has 0 bridgehead atoms. The Morgan fingerprint density at radius 3 is 2.27 bits per heavy atom. The summed E-state index contributed by atoms with van der Waals surface area (Å²) in [5, 5.41) is 6.98. The van der Waals surface area contributed by atoms with Crippen LogP contribution < -0.4 is 5.46 Å². The average molecular weight is 486 g/mol. The lowest BCUT2D eigenvalue weighted by Crippen LogP contribution is -2.44. The van der Waals surface area contributed by atoms with Gasteiger partial charge in [0.15, 0.2) is 0 Å². The Hall–Kier alpha value is -3.60. The summed E-state index contributed by atoms with van der Waals surface area (Å²) in [5.74, 6) is 0. The van der Waals surface area contributed by atoms with E-state index in [1.165, 1.54) is 10.8 Å². The van der Waals surface area contributed by atoms with Crippen LogP contribution >= 0.6 is 0 Å². The maximum absolute atomic E-state index is 6.48. The van der Waals surface area contributed by atoms with Gasteiger partial charge in [-0.3, -0.25) is 0 Å². The fraction of sp³-hybridized carbons (Fsp3) is 0.212. The summed E-state index contributed by atoms with van der Waals surface area (Å²) in [7, 11) is -0.414. The zero-order valence-electron chi connectivity index (χ0n) is 21.9. The van der Waals surface area contributed by atoms with Gasteiger partial charge in [-0.15, -0.1) is 0 Å². The minimum absolute atomic E-state index is 0.274. The molecule has 6 aromatic rings. The fourth-order valence-electron chi connectivity index (χ4n) is 5.10. The van der Waals surface area contributed by atoms with E-state index in [0.29, 0.717) is 6.61 Å². The van der Waals surface area contributed by atoms with Crippen LogP contribution in [0.4, 0.5) is 0 Å². The Morgan fingerprint density at radius 2 is 1.49 bits per heavy atom. The molecule has 4 heteroatoms. The molecule has 0 unspecified atom stereocenters. The molecule has 0 saturated heterocycles. The van der Waals surface area contributed by atoms with Crippen molar-refractivity contribution in [2.24, 2.45) is 0 Å². The second kappa shape index (κ2) is 9.37. The summed E-state index contributed by atoms with van der Waals surface area (Å²) >= 11 is 0. The fourth-order valence-corrected chi connectivity index (χ4v) is 5.10. The third-order valence-corrected chi connectivity index (χ3v) is 7.44. The van der Waals surface area contributed by atoms with Gasteiger partial charge >= 0.3 is 7.12 Å². The van der Waals surface area contributed by atoms with Gasteiger partial charge < -0.3 is 13.7 Å². The standard InChI is InChI=1S/C33H31BO3/c1-5-33(3,4)37-34(35-6-2)30-16-9-13-24-19-25(17-18-26(24)30)27-14-10-15-28-29-20-22-11-7-8-12-23(22)21-31(29)36-32(27)28/h7-21H,5-6H2,1-4H3. The number of para-hydroxylation sites is 1. The lowest BCUT2D eigenvalue weighted by Gasteiger charge is -2.28. The molecule has 0 N–H and O–H groups in total. The van der Waals surface area contributed by atoms with Gasteiger partial charge in [0.25, 0.3) is 0 Å². The lowest BCUT2D eigenvalue weighted by molar-refractivity contribution is 0.0707. The number of hydrogen-bond acceptors (Lipinski definition) is 3. The summed E-state index contributed by atoms with van der Waals surface area (Å²) in [6.45, 7) is 8.95. The van der Waals surface area contributed by atoms with E-state index in [-0.39, 0.29) is 5.60 Å². The number of rotatable bonds is 7. The van der Waals surface area contributed by atoms with Crippen LogP contribution in [0.5, 0.6) is 0 Å². The van der Waals surface area contributed by atoms with E-state index in [2.05, 4.69) is 112 Å². The summed E-state index contributed by atoms with van der Waals surface area (Å²) in [4.78, 5) is 0. The van der Waals surface area contributed by atoms with Gasteiger partial charge in [0, 0.05) is 28.5 Å². The van der Waals surface area contributed by atoms with Gasteiger partial charge in [0.05, 0.1) is 0 Å². The molecule has 1 aromatic heterocycles. The maximum atomic E-state index is 6.48. The first-order valence-corrected chi connectivity index (χ1v) is 13.1. The molecule has 1 heterocycles. The first-order valence-electron chi connectivity index (χ1n) is 13.1. The summed E-state index contributed by atoms with van der Waals surface area (Å²) < 4.78 is 19.0. The predicted octanol–water partition coefficient (Wildman–Crippen LogP) is 8.50. The molecule has 0 aliphatic rings. The summed E-state index contributed by atoms with van der Waals surface area (Å²) in [6, 6.07) is 32.2. The molecule has 0 spiro atoms. The first kappa shape index (κ1) is 23.8. The highest BCUT2D eigenvalue weighted by Gasteiger charge is 2.30. The van der Waals surface area contributed by atoms with Crippen LogP contribution in [-0.2, 0) is 9.31 Å². The van der Waals surface area contributed by atoms with E-state index in [1.54, 1.807) is 0 Å². The SMILES string of the molecule is CCOB(OC(C)(C)CC)c1cccc2cc(-c3cccc4c3oc3cc5ccccc5cc34)ccc12.